The fraction of sp³-hybridized carbons (Fsp3) is 0.273. The molecule has 1 aromatic carbocycles. The molecule has 0 amide bonds. The zero-order chi connectivity index (χ0) is 12.0. The first-order valence-electron chi connectivity index (χ1n) is 4.71. The highest BCUT2D eigenvalue weighted by Gasteiger charge is 2.08. The Kier molecular flexibility index (Phi) is 5.14. The van der Waals surface area contributed by atoms with Crippen LogP contribution in [0.2, 0.25) is 0 Å². The summed E-state index contributed by atoms with van der Waals surface area (Å²) in [5.74, 6) is -0.417. The largest absolute Gasteiger partial charge is 0.446 e. The Labute approximate surface area is 102 Å². The standard InChI is InChI=1S/C11H12BrNO3/c12-6-10(14)5-8-2-1-3-9(4-8)11(15)16-7-13/h1-4H,5-7,13H2. The number of Topliss-reactive ketones (excluding diaryl/α,β-unsaturated/α-hetero) is 1. The number of ketones is 1. The number of halogens is 1. The highest BCUT2D eigenvalue weighted by atomic mass is 79.9. The van der Waals surface area contributed by atoms with Crippen molar-refractivity contribution in [1.29, 1.82) is 0 Å². The number of benzene rings is 1. The SMILES string of the molecule is NCOC(=O)c1cccc(CC(=O)CBr)c1. The van der Waals surface area contributed by atoms with Crippen LogP contribution in [0.15, 0.2) is 24.3 Å². The van der Waals surface area contributed by atoms with Crippen LogP contribution in [0.25, 0.3) is 0 Å². The van der Waals surface area contributed by atoms with E-state index in [9.17, 15) is 9.59 Å². The molecule has 0 fully saturated rings. The Morgan fingerprint density at radius 1 is 1.38 bits per heavy atom. The van der Waals surface area contributed by atoms with Crippen LogP contribution in [0.4, 0.5) is 0 Å². The third-order valence-electron chi connectivity index (χ3n) is 1.93. The van der Waals surface area contributed by atoms with Crippen molar-refractivity contribution in [1.82, 2.24) is 0 Å². The fourth-order valence-electron chi connectivity index (χ4n) is 1.24. The number of ether oxygens (including phenoxy) is 1. The van der Waals surface area contributed by atoms with Gasteiger partial charge in [-0.25, -0.2) is 4.79 Å². The van der Waals surface area contributed by atoms with E-state index in [-0.39, 0.29) is 12.5 Å². The van der Waals surface area contributed by atoms with E-state index in [2.05, 4.69) is 20.7 Å². The summed E-state index contributed by atoms with van der Waals surface area (Å²) in [6.45, 7) is -0.149. The predicted molar refractivity (Wildman–Crippen MR) is 63.4 cm³/mol. The smallest absolute Gasteiger partial charge is 0.339 e. The zero-order valence-corrected chi connectivity index (χ0v) is 10.2. The first-order valence-corrected chi connectivity index (χ1v) is 5.83. The minimum atomic E-state index is -0.476. The molecule has 0 aliphatic carbocycles. The molecule has 0 saturated heterocycles. The second-order valence-electron chi connectivity index (χ2n) is 3.15. The van der Waals surface area contributed by atoms with Crippen molar-refractivity contribution in [2.24, 2.45) is 5.73 Å². The molecule has 0 heterocycles. The van der Waals surface area contributed by atoms with Gasteiger partial charge in [-0.1, -0.05) is 28.1 Å². The molecule has 0 atom stereocenters. The van der Waals surface area contributed by atoms with Crippen LogP contribution in [0, 0.1) is 0 Å². The third kappa shape index (κ3) is 3.75. The minimum absolute atomic E-state index is 0.0596. The van der Waals surface area contributed by atoms with Gasteiger partial charge in [-0.3, -0.25) is 10.5 Å². The average Bonchev–Trinajstić information content (AvgIpc) is 2.29. The van der Waals surface area contributed by atoms with Gasteiger partial charge in [0.05, 0.1) is 10.9 Å². The zero-order valence-electron chi connectivity index (χ0n) is 8.61. The van der Waals surface area contributed by atoms with Crippen molar-refractivity contribution in [3.8, 4) is 0 Å². The van der Waals surface area contributed by atoms with Gasteiger partial charge in [0.15, 0.2) is 0 Å². The number of esters is 1. The molecule has 86 valence electrons. The minimum Gasteiger partial charge on any atom is -0.446 e. The molecule has 0 aliphatic rings. The fourth-order valence-corrected chi connectivity index (χ4v) is 1.44. The Balaban J connectivity index is 2.78. The van der Waals surface area contributed by atoms with Crippen LogP contribution < -0.4 is 5.73 Å². The molecule has 0 bridgehead atoms. The first kappa shape index (κ1) is 12.9. The Morgan fingerprint density at radius 2 is 2.12 bits per heavy atom. The maximum atomic E-state index is 11.4. The van der Waals surface area contributed by atoms with Gasteiger partial charge in [0.2, 0.25) is 0 Å². The van der Waals surface area contributed by atoms with E-state index in [4.69, 9.17) is 5.73 Å². The van der Waals surface area contributed by atoms with Crippen LogP contribution in [-0.4, -0.2) is 23.8 Å². The van der Waals surface area contributed by atoms with Gasteiger partial charge in [0, 0.05) is 6.42 Å². The number of carbonyl (C=O) groups is 2. The number of alkyl halides is 1. The summed E-state index contributed by atoms with van der Waals surface area (Å²) in [6, 6.07) is 6.77. The molecule has 1 rings (SSSR count). The van der Waals surface area contributed by atoms with E-state index in [1.54, 1.807) is 24.3 Å². The summed E-state index contributed by atoms with van der Waals surface area (Å²) in [5.41, 5.74) is 6.30. The summed E-state index contributed by atoms with van der Waals surface area (Å²) in [7, 11) is 0. The van der Waals surface area contributed by atoms with Crippen LogP contribution in [0.5, 0.6) is 0 Å². The van der Waals surface area contributed by atoms with Crippen molar-refractivity contribution in [3.05, 3.63) is 35.4 Å². The molecule has 0 unspecified atom stereocenters. The normalized spacial score (nSPS) is 9.88. The van der Waals surface area contributed by atoms with Gasteiger partial charge in [-0.15, -0.1) is 0 Å². The van der Waals surface area contributed by atoms with Crippen LogP contribution in [-0.2, 0) is 16.0 Å². The van der Waals surface area contributed by atoms with Gasteiger partial charge in [0.1, 0.15) is 12.5 Å². The van der Waals surface area contributed by atoms with E-state index in [1.165, 1.54) is 0 Å². The molecular formula is C11H12BrNO3. The van der Waals surface area contributed by atoms with Gasteiger partial charge in [-0.05, 0) is 17.7 Å². The molecule has 5 heteroatoms. The Bertz CT molecular complexity index is 393. The summed E-state index contributed by atoms with van der Waals surface area (Å²) in [5, 5.41) is 0.310. The van der Waals surface area contributed by atoms with E-state index >= 15 is 0 Å². The lowest BCUT2D eigenvalue weighted by Crippen LogP contribution is -2.12. The molecule has 0 radical (unpaired) electrons. The van der Waals surface area contributed by atoms with Gasteiger partial charge >= 0.3 is 5.97 Å². The third-order valence-corrected chi connectivity index (χ3v) is 2.55. The number of carbonyl (C=O) groups excluding carboxylic acids is 2. The lowest BCUT2D eigenvalue weighted by molar-refractivity contribution is -0.115. The molecule has 2 N–H and O–H groups in total. The first-order chi connectivity index (χ1) is 7.67. The Morgan fingerprint density at radius 3 is 2.75 bits per heavy atom. The van der Waals surface area contributed by atoms with E-state index in [0.29, 0.717) is 17.3 Å². The molecule has 0 saturated carbocycles. The molecule has 0 spiro atoms. The second-order valence-corrected chi connectivity index (χ2v) is 3.71. The number of rotatable bonds is 5. The highest BCUT2D eigenvalue weighted by Crippen LogP contribution is 2.08. The van der Waals surface area contributed by atoms with Gasteiger partial charge in [-0.2, -0.15) is 0 Å². The number of nitrogens with two attached hydrogens (primary N) is 1. The van der Waals surface area contributed by atoms with Crippen LogP contribution in [0.3, 0.4) is 0 Å². The van der Waals surface area contributed by atoms with Crippen molar-refractivity contribution >= 4 is 27.7 Å². The monoisotopic (exact) mass is 285 g/mol. The average molecular weight is 286 g/mol. The molecule has 0 aromatic heterocycles. The topological polar surface area (TPSA) is 69.4 Å². The lowest BCUT2D eigenvalue weighted by atomic mass is 10.1. The lowest BCUT2D eigenvalue weighted by Gasteiger charge is -2.03. The molecule has 16 heavy (non-hydrogen) atoms. The quantitative estimate of drug-likeness (QED) is 0.502. The van der Waals surface area contributed by atoms with Gasteiger partial charge in [0.25, 0.3) is 0 Å². The molecule has 4 nitrogen and oxygen atoms in total. The number of hydrogen-bond donors (Lipinski definition) is 1. The summed E-state index contributed by atoms with van der Waals surface area (Å²) in [6.07, 6.45) is 0.301. The van der Waals surface area contributed by atoms with Crippen molar-refractivity contribution < 1.29 is 14.3 Å². The second kappa shape index (κ2) is 6.40. The Hall–Kier alpha value is -1.20. The number of hydrogen-bond acceptors (Lipinski definition) is 4. The molecule has 1 aromatic rings. The van der Waals surface area contributed by atoms with E-state index in [1.807, 2.05) is 0 Å². The maximum Gasteiger partial charge on any atom is 0.339 e. The van der Waals surface area contributed by atoms with Crippen molar-refractivity contribution in [3.63, 3.8) is 0 Å². The predicted octanol–water partition coefficient (Wildman–Crippen LogP) is 1.27. The summed E-state index contributed by atoms with van der Waals surface area (Å²) >= 11 is 3.09. The van der Waals surface area contributed by atoms with E-state index in [0.717, 1.165) is 5.56 Å². The maximum absolute atomic E-state index is 11.4. The van der Waals surface area contributed by atoms with Crippen molar-refractivity contribution in [2.75, 3.05) is 12.1 Å². The summed E-state index contributed by atoms with van der Waals surface area (Å²) < 4.78 is 4.66. The van der Waals surface area contributed by atoms with Gasteiger partial charge < -0.3 is 4.74 Å². The van der Waals surface area contributed by atoms with Crippen molar-refractivity contribution in [2.45, 2.75) is 6.42 Å². The summed E-state index contributed by atoms with van der Waals surface area (Å²) in [4.78, 5) is 22.6. The van der Waals surface area contributed by atoms with Crippen LogP contribution in [0.1, 0.15) is 15.9 Å². The van der Waals surface area contributed by atoms with E-state index < -0.39 is 5.97 Å². The highest BCUT2D eigenvalue weighted by molar-refractivity contribution is 9.09. The van der Waals surface area contributed by atoms with Crippen LogP contribution >= 0.6 is 15.9 Å². The molecular weight excluding hydrogens is 274 g/mol. The molecule has 0 aliphatic heterocycles.